The van der Waals surface area contributed by atoms with Crippen molar-refractivity contribution in [1.29, 1.82) is 0 Å². The molecule has 2 aromatic rings. The number of Topliss-reactive ketones (excluding diaryl/α,β-unsaturated/α-hetero) is 1. The maximum absolute atomic E-state index is 11.8. The monoisotopic (exact) mass is 255 g/mol. The van der Waals surface area contributed by atoms with Crippen LogP contribution in [0.15, 0.2) is 54.6 Å². The van der Waals surface area contributed by atoms with Crippen LogP contribution >= 0.6 is 0 Å². The standard InChI is InChI=1S/C16H17NO2/c17-12-4-7-16(18)13-8-10-15(11-9-13)19-14-5-2-1-3-6-14/h1-3,5-6,8-11H,4,7,12,17H2. The fourth-order valence-corrected chi connectivity index (χ4v) is 1.74. The molecule has 2 aromatic carbocycles. The average Bonchev–Trinajstić information content (AvgIpc) is 2.46. The van der Waals surface area contributed by atoms with Crippen molar-refractivity contribution in [3.05, 3.63) is 60.2 Å². The van der Waals surface area contributed by atoms with Gasteiger partial charge in [0.25, 0.3) is 0 Å². The number of hydrogen-bond acceptors (Lipinski definition) is 3. The van der Waals surface area contributed by atoms with E-state index in [9.17, 15) is 4.79 Å². The molecule has 0 aromatic heterocycles. The molecular formula is C16H17NO2. The number of hydrogen-bond donors (Lipinski definition) is 1. The minimum absolute atomic E-state index is 0.122. The van der Waals surface area contributed by atoms with Crippen LogP contribution in [0.5, 0.6) is 11.5 Å². The number of ketones is 1. The molecule has 0 aliphatic carbocycles. The van der Waals surface area contributed by atoms with Crippen molar-refractivity contribution < 1.29 is 9.53 Å². The second-order valence-corrected chi connectivity index (χ2v) is 4.25. The van der Waals surface area contributed by atoms with Gasteiger partial charge in [-0.3, -0.25) is 4.79 Å². The zero-order valence-corrected chi connectivity index (χ0v) is 10.7. The highest BCUT2D eigenvalue weighted by molar-refractivity contribution is 5.96. The van der Waals surface area contributed by atoms with Crippen LogP contribution in [0.3, 0.4) is 0 Å². The van der Waals surface area contributed by atoms with Crippen LogP contribution in [0, 0.1) is 0 Å². The van der Waals surface area contributed by atoms with Crippen molar-refractivity contribution in [2.45, 2.75) is 12.8 Å². The second kappa shape index (κ2) is 6.71. The summed E-state index contributed by atoms with van der Waals surface area (Å²) >= 11 is 0. The molecule has 98 valence electrons. The van der Waals surface area contributed by atoms with E-state index >= 15 is 0 Å². The molecule has 0 aliphatic heterocycles. The van der Waals surface area contributed by atoms with Gasteiger partial charge in [-0.15, -0.1) is 0 Å². The summed E-state index contributed by atoms with van der Waals surface area (Å²) in [6.07, 6.45) is 1.22. The van der Waals surface area contributed by atoms with E-state index < -0.39 is 0 Å². The third-order valence-electron chi connectivity index (χ3n) is 2.76. The summed E-state index contributed by atoms with van der Waals surface area (Å²) in [4.78, 5) is 11.8. The minimum Gasteiger partial charge on any atom is -0.457 e. The van der Waals surface area contributed by atoms with E-state index in [4.69, 9.17) is 10.5 Å². The topological polar surface area (TPSA) is 52.3 Å². The van der Waals surface area contributed by atoms with Gasteiger partial charge in [0.15, 0.2) is 5.78 Å². The largest absolute Gasteiger partial charge is 0.457 e. The molecule has 3 nitrogen and oxygen atoms in total. The first-order chi connectivity index (χ1) is 9.29. The van der Waals surface area contributed by atoms with Crippen LogP contribution in [0.1, 0.15) is 23.2 Å². The molecular weight excluding hydrogens is 238 g/mol. The molecule has 2 rings (SSSR count). The molecule has 3 heteroatoms. The molecule has 0 saturated heterocycles. The number of ether oxygens (including phenoxy) is 1. The van der Waals surface area contributed by atoms with Crippen molar-refractivity contribution in [1.82, 2.24) is 0 Å². The Hall–Kier alpha value is -2.13. The first-order valence-electron chi connectivity index (χ1n) is 6.36. The van der Waals surface area contributed by atoms with Crippen molar-refractivity contribution in [2.75, 3.05) is 6.54 Å². The number of benzene rings is 2. The first-order valence-corrected chi connectivity index (χ1v) is 6.36. The van der Waals surface area contributed by atoms with E-state index in [1.807, 2.05) is 42.5 Å². The van der Waals surface area contributed by atoms with Gasteiger partial charge in [-0.25, -0.2) is 0 Å². The smallest absolute Gasteiger partial charge is 0.162 e. The number of carbonyl (C=O) groups is 1. The van der Waals surface area contributed by atoms with Crippen LogP contribution in [-0.4, -0.2) is 12.3 Å². The molecule has 0 radical (unpaired) electrons. The van der Waals surface area contributed by atoms with Crippen LogP contribution < -0.4 is 10.5 Å². The van der Waals surface area contributed by atoms with Gasteiger partial charge in [0.2, 0.25) is 0 Å². The zero-order chi connectivity index (χ0) is 13.5. The van der Waals surface area contributed by atoms with Crippen molar-refractivity contribution in [2.24, 2.45) is 5.73 Å². The Kier molecular flexibility index (Phi) is 4.70. The summed E-state index contributed by atoms with van der Waals surface area (Å²) in [6.45, 7) is 0.543. The van der Waals surface area contributed by atoms with Crippen LogP contribution in [-0.2, 0) is 0 Å². The Morgan fingerprint density at radius 2 is 1.58 bits per heavy atom. The van der Waals surface area contributed by atoms with Gasteiger partial charge in [-0.05, 0) is 49.4 Å². The summed E-state index contributed by atoms with van der Waals surface area (Å²) in [5.41, 5.74) is 6.10. The van der Waals surface area contributed by atoms with Gasteiger partial charge >= 0.3 is 0 Å². The van der Waals surface area contributed by atoms with Crippen LogP contribution in [0.4, 0.5) is 0 Å². The Bertz CT molecular complexity index is 520. The number of nitrogens with two attached hydrogens (primary N) is 1. The fraction of sp³-hybridized carbons (Fsp3) is 0.188. The third-order valence-corrected chi connectivity index (χ3v) is 2.76. The highest BCUT2D eigenvalue weighted by Crippen LogP contribution is 2.21. The lowest BCUT2D eigenvalue weighted by molar-refractivity contribution is 0.0981. The highest BCUT2D eigenvalue weighted by atomic mass is 16.5. The van der Waals surface area contributed by atoms with Gasteiger partial charge in [0.05, 0.1) is 0 Å². The molecule has 0 amide bonds. The predicted octanol–water partition coefficient (Wildman–Crippen LogP) is 3.40. The maximum Gasteiger partial charge on any atom is 0.162 e. The summed E-state index contributed by atoms with van der Waals surface area (Å²) in [6, 6.07) is 16.7. The average molecular weight is 255 g/mol. The van der Waals surface area contributed by atoms with Crippen LogP contribution in [0.2, 0.25) is 0 Å². The van der Waals surface area contributed by atoms with Crippen molar-refractivity contribution in [3.63, 3.8) is 0 Å². The van der Waals surface area contributed by atoms with E-state index in [0.717, 1.165) is 17.9 Å². The Morgan fingerprint density at radius 1 is 0.947 bits per heavy atom. The Labute approximate surface area is 113 Å². The fourth-order valence-electron chi connectivity index (χ4n) is 1.74. The number of carbonyl (C=O) groups excluding carboxylic acids is 1. The lowest BCUT2D eigenvalue weighted by Crippen LogP contribution is -2.04. The molecule has 0 atom stereocenters. The summed E-state index contributed by atoms with van der Waals surface area (Å²) in [7, 11) is 0. The molecule has 0 fully saturated rings. The molecule has 0 heterocycles. The lowest BCUT2D eigenvalue weighted by atomic mass is 10.1. The van der Waals surface area contributed by atoms with E-state index in [0.29, 0.717) is 18.5 Å². The molecule has 19 heavy (non-hydrogen) atoms. The van der Waals surface area contributed by atoms with Crippen molar-refractivity contribution in [3.8, 4) is 11.5 Å². The number of rotatable bonds is 6. The predicted molar refractivity (Wildman–Crippen MR) is 75.6 cm³/mol. The summed E-state index contributed by atoms with van der Waals surface area (Å²) in [5, 5.41) is 0. The number of para-hydroxylation sites is 1. The van der Waals surface area contributed by atoms with Crippen molar-refractivity contribution >= 4 is 5.78 Å². The van der Waals surface area contributed by atoms with Crippen LogP contribution in [0.25, 0.3) is 0 Å². The molecule has 0 bridgehead atoms. The van der Waals surface area contributed by atoms with Gasteiger partial charge in [-0.2, -0.15) is 0 Å². The molecule has 0 aliphatic rings. The zero-order valence-electron chi connectivity index (χ0n) is 10.7. The van der Waals surface area contributed by atoms with Gasteiger partial charge in [-0.1, -0.05) is 18.2 Å². The molecule has 2 N–H and O–H groups in total. The summed E-state index contributed by atoms with van der Waals surface area (Å²) in [5.74, 6) is 1.63. The van der Waals surface area contributed by atoms with E-state index in [1.165, 1.54) is 0 Å². The second-order valence-electron chi connectivity index (χ2n) is 4.25. The van der Waals surface area contributed by atoms with E-state index in [2.05, 4.69) is 0 Å². The quantitative estimate of drug-likeness (QED) is 0.805. The SMILES string of the molecule is NCCCC(=O)c1ccc(Oc2ccccc2)cc1. The Morgan fingerprint density at radius 3 is 2.21 bits per heavy atom. The maximum atomic E-state index is 11.8. The van der Waals surface area contributed by atoms with Gasteiger partial charge in [0, 0.05) is 12.0 Å². The van der Waals surface area contributed by atoms with E-state index in [-0.39, 0.29) is 5.78 Å². The molecule has 0 unspecified atom stereocenters. The first kappa shape index (κ1) is 13.3. The Balaban J connectivity index is 2.00. The molecule has 0 spiro atoms. The minimum atomic E-state index is 0.122. The molecule has 0 saturated carbocycles. The van der Waals surface area contributed by atoms with Gasteiger partial charge in [0.1, 0.15) is 11.5 Å². The summed E-state index contributed by atoms with van der Waals surface area (Å²) < 4.78 is 5.66. The normalized spacial score (nSPS) is 10.2. The van der Waals surface area contributed by atoms with Gasteiger partial charge < -0.3 is 10.5 Å². The highest BCUT2D eigenvalue weighted by Gasteiger charge is 2.05. The third kappa shape index (κ3) is 3.93. The lowest BCUT2D eigenvalue weighted by Gasteiger charge is -2.06. The van der Waals surface area contributed by atoms with E-state index in [1.54, 1.807) is 12.1 Å².